The van der Waals surface area contributed by atoms with E-state index >= 15 is 0 Å². The molecule has 20 heavy (non-hydrogen) atoms. The minimum atomic E-state index is -1.10. The first-order valence-corrected chi connectivity index (χ1v) is 5.88. The van der Waals surface area contributed by atoms with Gasteiger partial charge >= 0.3 is 17.9 Å². The number of carboxylic acids is 3. The quantitative estimate of drug-likeness (QED) is 0.616. The molecular formula is C14H18O6. The predicted molar refractivity (Wildman–Crippen MR) is 72.3 cm³/mol. The third-order valence-electron chi connectivity index (χ3n) is 2.64. The molecule has 110 valence electrons. The van der Waals surface area contributed by atoms with E-state index in [0.29, 0.717) is 0 Å². The van der Waals surface area contributed by atoms with Crippen LogP contribution in [-0.2, 0) is 14.4 Å². The van der Waals surface area contributed by atoms with Gasteiger partial charge in [-0.3, -0.25) is 0 Å². The summed E-state index contributed by atoms with van der Waals surface area (Å²) in [6.45, 7) is 4.21. The van der Waals surface area contributed by atoms with E-state index in [1.165, 1.54) is 39.0 Å². The van der Waals surface area contributed by atoms with Gasteiger partial charge in [0.1, 0.15) is 0 Å². The monoisotopic (exact) mass is 282 g/mol. The summed E-state index contributed by atoms with van der Waals surface area (Å²) in [7, 11) is 0. The highest BCUT2D eigenvalue weighted by atomic mass is 16.4. The molecule has 3 N–H and O–H groups in total. The van der Waals surface area contributed by atoms with Crippen molar-refractivity contribution >= 4 is 17.9 Å². The molecule has 0 rings (SSSR count). The maximum atomic E-state index is 10.8. The molecule has 0 fully saturated rings. The number of allylic oxidation sites excluding steroid dienone is 3. The molecule has 0 aliphatic heterocycles. The third kappa shape index (κ3) is 6.53. The lowest BCUT2D eigenvalue weighted by molar-refractivity contribution is -0.133. The van der Waals surface area contributed by atoms with E-state index in [2.05, 4.69) is 0 Å². The van der Waals surface area contributed by atoms with Crippen LogP contribution in [0.5, 0.6) is 0 Å². The van der Waals surface area contributed by atoms with Gasteiger partial charge in [0.15, 0.2) is 0 Å². The molecule has 0 bridgehead atoms. The summed E-state index contributed by atoms with van der Waals surface area (Å²) in [4.78, 5) is 32.3. The number of aliphatic carboxylic acids is 3. The van der Waals surface area contributed by atoms with Crippen molar-refractivity contribution in [3.63, 3.8) is 0 Å². The molecule has 0 aliphatic carbocycles. The Kier molecular flexibility index (Phi) is 6.99. The Morgan fingerprint density at radius 3 is 1.45 bits per heavy atom. The van der Waals surface area contributed by atoms with Gasteiger partial charge in [-0.25, -0.2) is 14.4 Å². The van der Waals surface area contributed by atoms with Crippen LogP contribution in [0.1, 0.15) is 27.2 Å². The van der Waals surface area contributed by atoms with Gasteiger partial charge in [-0.05, 0) is 33.1 Å². The number of carboxylic acid groups (broad SMARTS) is 3. The highest BCUT2D eigenvalue weighted by Gasteiger charge is 2.10. The van der Waals surface area contributed by atoms with E-state index in [-0.39, 0.29) is 23.1 Å². The van der Waals surface area contributed by atoms with Gasteiger partial charge in [0.25, 0.3) is 0 Å². The largest absolute Gasteiger partial charge is 0.478 e. The highest BCUT2D eigenvalue weighted by molar-refractivity contribution is 5.87. The van der Waals surface area contributed by atoms with Crippen molar-refractivity contribution < 1.29 is 29.7 Å². The SMILES string of the molecule is CC(=CCC(C=C(C)C(=O)O)C=C(C)C(=O)O)C(=O)O. The highest BCUT2D eigenvalue weighted by Crippen LogP contribution is 2.15. The minimum Gasteiger partial charge on any atom is -0.478 e. The molecular weight excluding hydrogens is 264 g/mol. The van der Waals surface area contributed by atoms with Crippen LogP contribution < -0.4 is 0 Å². The standard InChI is InChI=1S/C14H18O6/c1-8(12(15)16)4-5-11(6-9(2)13(17)18)7-10(3)14(19)20/h4,6-7,11H,5H2,1-3H3,(H,15,16)(H,17,18)(H,19,20). The van der Waals surface area contributed by atoms with E-state index < -0.39 is 23.8 Å². The smallest absolute Gasteiger partial charge is 0.330 e. The summed E-state index contributed by atoms with van der Waals surface area (Å²) in [6, 6.07) is 0. The molecule has 0 heterocycles. The molecule has 6 heteroatoms. The number of carbonyl (C=O) groups is 3. The van der Waals surface area contributed by atoms with Gasteiger partial charge in [-0.1, -0.05) is 18.2 Å². The first-order valence-electron chi connectivity index (χ1n) is 5.88. The summed E-state index contributed by atoms with van der Waals surface area (Å²) in [6.07, 6.45) is 4.46. The minimum absolute atomic E-state index is 0.0748. The molecule has 0 atom stereocenters. The predicted octanol–water partition coefficient (Wildman–Crippen LogP) is 2.09. The van der Waals surface area contributed by atoms with Crippen LogP contribution in [0.2, 0.25) is 0 Å². The fourth-order valence-corrected chi connectivity index (χ4v) is 1.37. The second kappa shape index (κ2) is 7.93. The Bertz CT molecular complexity index is 466. The molecule has 0 aromatic carbocycles. The van der Waals surface area contributed by atoms with Gasteiger partial charge in [0.05, 0.1) is 0 Å². The van der Waals surface area contributed by atoms with Crippen molar-refractivity contribution in [2.24, 2.45) is 5.92 Å². The molecule has 0 aromatic heterocycles. The molecule has 0 amide bonds. The fraction of sp³-hybridized carbons (Fsp3) is 0.357. The van der Waals surface area contributed by atoms with Gasteiger partial charge in [0.2, 0.25) is 0 Å². The van der Waals surface area contributed by atoms with Crippen molar-refractivity contribution in [2.75, 3.05) is 0 Å². The Labute approximate surface area is 116 Å². The molecule has 0 saturated carbocycles. The summed E-state index contributed by atoms with van der Waals surface area (Å²) in [5.41, 5.74) is 0.273. The summed E-state index contributed by atoms with van der Waals surface area (Å²) < 4.78 is 0. The average Bonchev–Trinajstić information content (AvgIpc) is 2.34. The lowest BCUT2D eigenvalue weighted by Crippen LogP contribution is -2.04. The van der Waals surface area contributed by atoms with Crippen LogP contribution in [0, 0.1) is 5.92 Å². The zero-order valence-electron chi connectivity index (χ0n) is 11.6. The first-order chi connectivity index (χ1) is 9.15. The zero-order chi connectivity index (χ0) is 15.9. The Morgan fingerprint density at radius 1 is 0.800 bits per heavy atom. The number of hydrogen-bond donors (Lipinski definition) is 3. The molecule has 0 radical (unpaired) electrons. The normalized spacial score (nSPS) is 14.8. The summed E-state index contributed by atoms with van der Waals surface area (Å²) in [5.74, 6) is -3.76. The van der Waals surface area contributed by atoms with Crippen molar-refractivity contribution in [1.29, 1.82) is 0 Å². The van der Waals surface area contributed by atoms with E-state index in [0.717, 1.165) is 0 Å². The lowest BCUT2D eigenvalue weighted by atomic mass is 9.98. The number of hydrogen-bond acceptors (Lipinski definition) is 3. The molecule has 0 unspecified atom stereocenters. The topological polar surface area (TPSA) is 112 Å². The Balaban J connectivity index is 5.29. The third-order valence-corrected chi connectivity index (χ3v) is 2.64. The molecule has 0 aliphatic rings. The van der Waals surface area contributed by atoms with E-state index in [9.17, 15) is 14.4 Å². The second-order valence-electron chi connectivity index (χ2n) is 4.40. The van der Waals surface area contributed by atoms with Crippen LogP contribution in [0.25, 0.3) is 0 Å². The molecule has 0 spiro atoms. The van der Waals surface area contributed by atoms with Gasteiger partial charge in [-0.2, -0.15) is 0 Å². The zero-order valence-corrected chi connectivity index (χ0v) is 11.6. The van der Waals surface area contributed by atoms with Crippen LogP contribution in [0.3, 0.4) is 0 Å². The first kappa shape index (κ1) is 17.6. The fourth-order valence-electron chi connectivity index (χ4n) is 1.37. The van der Waals surface area contributed by atoms with Crippen LogP contribution in [0.15, 0.2) is 34.9 Å². The van der Waals surface area contributed by atoms with Crippen molar-refractivity contribution in [3.8, 4) is 0 Å². The Hall–Kier alpha value is -2.37. The molecule has 6 nitrogen and oxygen atoms in total. The Morgan fingerprint density at radius 2 is 1.15 bits per heavy atom. The van der Waals surface area contributed by atoms with Crippen LogP contribution in [0.4, 0.5) is 0 Å². The maximum absolute atomic E-state index is 10.8. The van der Waals surface area contributed by atoms with Crippen molar-refractivity contribution in [1.82, 2.24) is 0 Å². The van der Waals surface area contributed by atoms with Gasteiger partial charge < -0.3 is 15.3 Å². The second-order valence-corrected chi connectivity index (χ2v) is 4.40. The van der Waals surface area contributed by atoms with E-state index in [1.54, 1.807) is 0 Å². The van der Waals surface area contributed by atoms with Gasteiger partial charge in [-0.15, -0.1) is 0 Å². The summed E-state index contributed by atoms with van der Waals surface area (Å²) in [5, 5.41) is 26.4. The number of rotatable bonds is 7. The van der Waals surface area contributed by atoms with E-state index in [1.807, 2.05) is 0 Å². The summed E-state index contributed by atoms with van der Waals surface area (Å²) >= 11 is 0. The lowest BCUT2D eigenvalue weighted by Gasteiger charge is -2.07. The maximum Gasteiger partial charge on any atom is 0.330 e. The van der Waals surface area contributed by atoms with E-state index in [4.69, 9.17) is 15.3 Å². The molecule has 0 saturated heterocycles. The average molecular weight is 282 g/mol. The van der Waals surface area contributed by atoms with Crippen LogP contribution in [-0.4, -0.2) is 33.2 Å². The van der Waals surface area contributed by atoms with Crippen molar-refractivity contribution in [2.45, 2.75) is 27.2 Å². The van der Waals surface area contributed by atoms with Gasteiger partial charge in [0, 0.05) is 16.7 Å². The van der Waals surface area contributed by atoms with Crippen molar-refractivity contribution in [3.05, 3.63) is 34.9 Å². The van der Waals surface area contributed by atoms with Crippen LogP contribution >= 0.6 is 0 Å². The molecule has 0 aromatic rings.